The molecule has 0 unspecified atom stereocenters. The van der Waals surface area contributed by atoms with Crippen molar-refractivity contribution in [1.82, 2.24) is 19.1 Å². The number of fused-ring (bicyclic) bond motifs is 9. The van der Waals surface area contributed by atoms with Crippen LogP contribution in [0.3, 0.4) is 0 Å². The van der Waals surface area contributed by atoms with Gasteiger partial charge in [-0.25, -0.2) is 9.97 Å². The van der Waals surface area contributed by atoms with E-state index in [1.807, 2.05) is 18.2 Å². The molecule has 0 radical (unpaired) electrons. The van der Waals surface area contributed by atoms with Crippen LogP contribution < -0.4 is 0 Å². The molecule has 1 atom stereocenters. The number of hydrogen-bond donors (Lipinski definition) is 0. The van der Waals surface area contributed by atoms with Crippen LogP contribution in [0.25, 0.3) is 77.6 Å². The molecule has 240 valence electrons. The van der Waals surface area contributed by atoms with Crippen LogP contribution in [0.5, 0.6) is 0 Å². The van der Waals surface area contributed by atoms with Gasteiger partial charge >= 0.3 is 205 Å². The van der Waals surface area contributed by atoms with Gasteiger partial charge in [-0.1, -0.05) is 24.3 Å². The normalized spacial score (nSPS) is 15.9. The van der Waals surface area contributed by atoms with E-state index in [1.165, 1.54) is 60.7 Å². The first-order valence-electron chi connectivity index (χ1n) is 17.7. The number of para-hydroxylation sites is 3. The molecule has 4 aromatic carbocycles. The molecule has 2 aliphatic carbocycles. The summed E-state index contributed by atoms with van der Waals surface area (Å²) in [6, 6.07) is 39.2. The van der Waals surface area contributed by atoms with Crippen LogP contribution in [0.2, 0.25) is 0 Å². The summed E-state index contributed by atoms with van der Waals surface area (Å²) in [6.45, 7) is 2.23. The standard InChI is InChI=1S/C45H31BN4O/c1-2-11-31(12-3-1)50-40-22-20-29(26-37(40)34-16-9-23-46-45(34)50)28-19-21-39-36(25-28)33-14-4-6-17-38(33)49(39)32-13-8-10-30(24-32)42-44-43(48-27-47-42)35-15-5-7-18-41(35)51-44/h1-12,14-18,20,22-27,32H,13,19,21H2/t32-/m1/s1. The van der Waals surface area contributed by atoms with Crippen molar-refractivity contribution in [2.24, 2.45) is 0 Å². The molecule has 11 rings (SSSR count). The Morgan fingerprint density at radius 1 is 0.745 bits per heavy atom. The number of nitrogens with zero attached hydrogens (tertiary/aromatic N) is 4. The first-order valence-corrected chi connectivity index (χ1v) is 17.7. The Bertz CT molecular complexity index is 2960. The molecule has 5 heterocycles. The van der Waals surface area contributed by atoms with E-state index in [0.29, 0.717) is 0 Å². The van der Waals surface area contributed by atoms with E-state index >= 15 is 0 Å². The van der Waals surface area contributed by atoms with Crippen molar-refractivity contribution >= 4 is 78.8 Å². The molecule has 0 saturated carbocycles. The van der Waals surface area contributed by atoms with Crippen molar-refractivity contribution in [1.29, 1.82) is 0 Å². The fraction of sp³-hybridized carbons (Fsp3) is 0.0889. The molecule has 9 aromatic rings. The summed E-state index contributed by atoms with van der Waals surface area (Å²) in [5.74, 6) is 2.13. The van der Waals surface area contributed by atoms with Gasteiger partial charge in [0, 0.05) is 11.0 Å². The summed E-state index contributed by atoms with van der Waals surface area (Å²) in [7, 11) is 0. The monoisotopic (exact) mass is 654 g/mol. The molecule has 0 spiro atoms. The number of furan rings is 1. The van der Waals surface area contributed by atoms with Crippen molar-refractivity contribution in [3.8, 4) is 5.69 Å². The topological polar surface area (TPSA) is 48.8 Å². The number of benzene rings is 4. The average molecular weight is 655 g/mol. The number of rotatable bonds is 4. The van der Waals surface area contributed by atoms with Gasteiger partial charge in [-0.3, -0.25) is 0 Å². The Labute approximate surface area is 294 Å². The Kier molecular flexibility index (Phi) is 6.23. The second-order valence-corrected chi connectivity index (χ2v) is 13.7. The third-order valence-electron chi connectivity index (χ3n) is 10.9. The second kappa shape index (κ2) is 11.1. The van der Waals surface area contributed by atoms with Crippen molar-refractivity contribution in [2.45, 2.75) is 25.3 Å². The van der Waals surface area contributed by atoms with E-state index in [-0.39, 0.29) is 6.04 Å². The average Bonchev–Trinajstić information content (AvgIpc) is 3.85. The van der Waals surface area contributed by atoms with Crippen LogP contribution in [0.1, 0.15) is 41.4 Å². The molecular weight excluding hydrogens is 623 g/mol. The Morgan fingerprint density at radius 3 is 2.53 bits per heavy atom. The van der Waals surface area contributed by atoms with Crippen molar-refractivity contribution in [2.75, 3.05) is 0 Å². The van der Waals surface area contributed by atoms with E-state index in [0.717, 1.165) is 52.6 Å². The molecule has 6 heteroatoms. The van der Waals surface area contributed by atoms with Crippen molar-refractivity contribution < 1.29 is 4.42 Å². The quantitative estimate of drug-likeness (QED) is 0.190. The van der Waals surface area contributed by atoms with Gasteiger partial charge in [-0.2, -0.15) is 0 Å². The predicted octanol–water partition coefficient (Wildman–Crippen LogP) is 10.8. The fourth-order valence-corrected chi connectivity index (χ4v) is 8.62. The van der Waals surface area contributed by atoms with Gasteiger partial charge in [0.15, 0.2) is 5.58 Å². The Morgan fingerprint density at radius 2 is 1.59 bits per heavy atom. The summed E-state index contributed by atoms with van der Waals surface area (Å²) < 4.78 is 11.3. The number of hydrogen-bond acceptors (Lipinski definition) is 3. The zero-order valence-corrected chi connectivity index (χ0v) is 27.8. The zero-order valence-electron chi connectivity index (χ0n) is 27.8. The van der Waals surface area contributed by atoms with Gasteiger partial charge in [0.05, 0.1) is 0 Å². The van der Waals surface area contributed by atoms with Gasteiger partial charge in [-0.05, 0) is 12.1 Å². The molecule has 2 aliphatic rings. The van der Waals surface area contributed by atoms with Gasteiger partial charge in [-0.15, -0.1) is 0 Å². The Balaban J connectivity index is 1.03. The Hall–Kier alpha value is -6.27. The maximum atomic E-state index is 6.34. The molecular formula is C45H31BN4O. The summed E-state index contributed by atoms with van der Waals surface area (Å²) in [4.78, 5) is 9.35. The SMILES string of the molecule is b1cccc2c3cc(C4=Cc5c(n([C@H]6C=C(c7ncnc8c7oc7ccccc78)C=CC6)c6ccccc56)CC4)ccc3n(-c3ccccc3)c12. The first-order chi connectivity index (χ1) is 25.3. The van der Waals surface area contributed by atoms with E-state index in [2.05, 4.69) is 142 Å². The summed E-state index contributed by atoms with van der Waals surface area (Å²) in [5.41, 5.74) is 14.7. The minimum atomic E-state index is 0.156. The molecule has 0 saturated heterocycles. The molecule has 51 heavy (non-hydrogen) atoms. The van der Waals surface area contributed by atoms with E-state index in [1.54, 1.807) is 6.33 Å². The van der Waals surface area contributed by atoms with Crippen LogP contribution in [-0.2, 0) is 6.42 Å². The molecule has 0 bridgehead atoms. The van der Waals surface area contributed by atoms with Crippen LogP contribution in [0, 0.1) is 0 Å². The molecule has 0 fully saturated rings. The summed E-state index contributed by atoms with van der Waals surface area (Å²) in [6.07, 6.45) is 13.8. The van der Waals surface area contributed by atoms with Crippen molar-refractivity contribution in [3.63, 3.8) is 0 Å². The van der Waals surface area contributed by atoms with E-state index < -0.39 is 0 Å². The molecule has 0 N–H and O–H groups in total. The molecule has 0 aliphatic heterocycles. The number of aromatic nitrogens is 4. The fourth-order valence-electron chi connectivity index (χ4n) is 8.62. The third-order valence-corrected chi connectivity index (χ3v) is 10.9. The first kappa shape index (κ1) is 28.6. The maximum absolute atomic E-state index is 6.34. The minimum absolute atomic E-state index is 0.156. The molecule has 5 nitrogen and oxygen atoms in total. The molecule has 5 aromatic heterocycles. The van der Waals surface area contributed by atoms with Gasteiger partial charge in [0.2, 0.25) is 0 Å². The van der Waals surface area contributed by atoms with Gasteiger partial charge < -0.3 is 4.42 Å². The van der Waals surface area contributed by atoms with Crippen LogP contribution in [0.4, 0.5) is 0 Å². The van der Waals surface area contributed by atoms with Gasteiger partial charge in [0.25, 0.3) is 0 Å². The van der Waals surface area contributed by atoms with E-state index in [9.17, 15) is 0 Å². The number of allylic oxidation sites excluding steroid dienone is 5. The van der Waals surface area contributed by atoms with E-state index in [4.69, 9.17) is 9.40 Å². The zero-order chi connectivity index (χ0) is 33.5. The van der Waals surface area contributed by atoms with Crippen LogP contribution in [-0.4, -0.2) is 26.0 Å². The van der Waals surface area contributed by atoms with Gasteiger partial charge in [0.1, 0.15) is 23.1 Å². The predicted molar refractivity (Wildman–Crippen MR) is 210 cm³/mol. The third kappa shape index (κ3) is 4.32. The van der Waals surface area contributed by atoms with Crippen LogP contribution >= 0.6 is 0 Å². The second-order valence-electron chi connectivity index (χ2n) is 13.7. The summed E-state index contributed by atoms with van der Waals surface area (Å²) in [5, 5.41) is 4.89. The van der Waals surface area contributed by atoms with Crippen molar-refractivity contribution in [3.05, 3.63) is 162 Å². The molecule has 0 amide bonds. The van der Waals surface area contributed by atoms with Crippen LogP contribution in [0.15, 0.2) is 144 Å². The summed E-state index contributed by atoms with van der Waals surface area (Å²) >= 11 is 0.